The number of nitrogens with zero attached hydrogens (tertiary/aromatic N) is 3. The highest BCUT2D eigenvalue weighted by molar-refractivity contribution is 7.13. The number of carbonyl (C=O) groups excluding carboxylic acids is 1. The van der Waals surface area contributed by atoms with Crippen LogP contribution in [0.2, 0.25) is 0 Å². The molecule has 1 saturated heterocycles. The molecule has 2 bridgehead atoms. The molecule has 1 aromatic carbocycles. The average molecular weight is 420 g/mol. The number of rotatable bonds is 3. The van der Waals surface area contributed by atoms with E-state index < -0.39 is 0 Å². The minimum Gasteiger partial charge on any atom is -0.337 e. The van der Waals surface area contributed by atoms with E-state index in [9.17, 15) is 9.59 Å². The summed E-state index contributed by atoms with van der Waals surface area (Å²) in [5.41, 5.74) is 3.17. The molecule has 0 aliphatic carbocycles. The second-order valence-electron chi connectivity index (χ2n) is 8.47. The SMILES string of the molecule is Cc1nc(C)c(C(=O)N2C[C@H]3C[C@@H](C2)[C@H](Cc2ccccc2)n2c3cccc2=O)s1. The first-order valence-electron chi connectivity index (χ1n) is 10.5. The van der Waals surface area contributed by atoms with Crippen LogP contribution < -0.4 is 5.56 Å². The van der Waals surface area contributed by atoms with Crippen molar-refractivity contribution in [2.45, 2.75) is 38.6 Å². The molecule has 2 aliphatic heterocycles. The molecule has 154 valence electrons. The Hall–Kier alpha value is -2.73. The number of carbonyl (C=O) groups is 1. The molecular weight excluding hydrogens is 394 g/mol. The van der Waals surface area contributed by atoms with E-state index in [0.29, 0.717) is 13.1 Å². The van der Waals surface area contributed by atoms with Gasteiger partial charge in [-0.2, -0.15) is 0 Å². The van der Waals surface area contributed by atoms with Gasteiger partial charge in [-0.15, -0.1) is 11.3 Å². The van der Waals surface area contributed by atoms with Crippen molar-refractivity contribution in [3.8, 4) is 0 Å². The number of thiazole rings is 1. The van der Waals surface area contributed by atoms with Gasteiger partial charge >= 0.3 is 0 Å². The molecule has 0 spiro atoms. The van der Waals surface area contributed by atoms with E-state index in [0.717, 1.165) is 34.1 Å². The number of amides is 1. The largest absolute Gasteiger partial charge is 0.337 e. The lowest BCUT2D eigenvalue weighted by molar-refractivity contribution is 0.0532. The van der Waals surface area contributed by atoms with Gasteiger partial charge in [0.25, 0.3) is 11.5 Å². The number of benzene rings is 1. The zero-order chi connectivity index (χ0) is 20.8. The number of aromatic nitrogens is 2. The minimum absolute atomic E-state index is 0.0623. The van der Waals surface area contributed by atoms with Gasteiger partial charge in [0.15, 0.2) is 0 Å². The smallest absolute Gasteiger partial charge is 0.265 e. The summed E-state index contributed by atoms with van der Waals surface area (Å²) in [6.07, 6.45) is 1.82. The van der Waals surface area contributed by atoms with Crippen LogP contribution in [0, 0.1) is 19.8 Å². The summed E-state index contributed by atoms with van der Waals surface area (Å²) in [6, 6.07) is 16.0. The van der Waals surface area contributed by atoms with Gasteiger partial charge < -0.3 is 9.47 Å². The van der Waals surface area contributed by atoms with Crippen LogP contribution in [0.4, 0.5) is 0 Å². The van der Waals surface area contributed by atoms with E-state index >= 15 is 0 Å². The molecule has 1 amide bonds. The highest BCUT2D eigenvalue weighted by atomic mass is 32.1. The number of piperidine rings is 1. The monoisotopic (exact) mass is 419 g/mol. The molecule has 2 aromatic heterocycles. The summed E-state index contributed by atoms with van der Waals surface area (Å²) in [4.78, 5) is 33.4. The molecule has 0 N–H and O–H groups in total. The lowest BCUT2D eigenvalue weighted by Gasteiger charge is -2.47. The third-order valence-corrected chi connectivity index (χ3v) is 7.53. The van der Waals surface area contributed by atoms with Crippen LogP contribution in [0.3, 0.4) is 0 Å². The van der Waals surface area contributed by atoms with Crippen LogP contribution in [0.15, 0.2) is 53.3 Å². The van der Waals surface area contributed by atoms with Gasteiger partial charge in [0.05, 0.1) is 10.7 Å². The first-order valence-corrected chi connectivity index (χ1v) is 11.3. The molecule has 4 heterocycles. The summed E-state index contributed by atoms with van der Waals surface area (Å²) < 4.78 is 2.01. The Balaban J connectivity index is 1.52. The standard InChI is InChI=1S/C24H25N3O2S/c1-15-23(30-16(2)25-15)24(29)26-13-18-12-19(14-26)21(11-17-7-4-3-5-8-17)27-20(18)9-6-10-22(27)28/h3-10,18-19,21H,11-14H2,1-2H3/t18-,19+,21+/m1/s1. The molecule has 0 radical (unpaired) electrons. The van der Waals surface area contributed by atoms with Crippen molar-refractivity contribution in [1.29, 1.82) is 0 Å². The van der Waals surface area contributed by atoms with Crippen LogP contribution in [-0.4, -0.2) is 33.4 Å². The van der Waals surface area contributed by atoms with Crippen LogP contribution >= 0.6 is 11.3 Å². The van der Waals surface area contributed by atoms with E-state index in [1.807, 2.05) is 47.6 Å². The molecule has 30 heavy (non-hydrogen) atoms. The van der Waals surface area contributed by atoms with Gasteiger partial charge in [0.2, 0.25) is 0 Å². The lowest BCUT2D eigenvalue weighted by atomic mass is 9.76. The van der Waals surface area contributed by atoms with Crippen molar-refractivity contribution < 1.29 is 4.79 Å². The van der Waals surface area contributed by atoms with E-state index in [1.54, 1.807) is 6.07 Å². The van der Waals surface area contributed by atoms with Gasteiger partial charge in [-0.1, -0.05) is 36.4 Å². The number of hydrogen-bond donors (Lipinski definition) is 0. The Bertz CT molecular complexity index is 1150. The van der Waals surface area contributed by atoms with Gasteiger partial charge in [-0.25, -0.2) is 4.98 Å². The molecule has 0 saturated carbocycles. The van der Waals surface area contributed by atoms with Crippen LogP contribution in [0.1, 0.15) is 50.0 Å². The highest BCUT2D eigenvalue weighted by Crippen LogP contribution is 2.42. The molecule has 0 unspecified atom stereocenters. The van der Waals surface area contributed by atoms with Crippen molar-refractivity contribution in [2.24, 2.45) is 5.92 Å². The Labute approximate surface area is 180 Å². The van der Waals surface area contributed by atoms with Gasteiger partial charge in [-0.3, -0.25) is 9.59 Å². The van der Waals surface area contributed by atoms with Crippen molar-refractivity contribution in [3.63, 3.8) is 0 Å². The molecule has 5 nitrogen and oxygen atoms in total. The van der Waals surface area contributed by atoms with Gasteiger partial charge in [0, 0.05) is 36.8 Å². The number of fused-ring (bicyclic) bond motifs is 4. The summed E-state index contributed by atoms with van der Waals surface area (Å²) in [5.74, 6) is 0.538. The van der Waals surface area contributed by atoms with Crippen molar-refractivity contribution >= 4 is 17.2 Å². The van der Waals surface area contributed by atoms with E-state index in [1.165, 1.54) is 16.9 Å². The van der Waals surface area contributed by atoms with Crippen LogP contribution in [0.25, 0.3) is 0 Å². The third kappa shape index (κ3) is 3.29. The fraction of sp³-hybridized carbons (Fsp3) is 0.375. The number of hydrogen-bond acceptors (Lipinski definition) is 4. The first kappa shape index (κ1) is 19.2. The Morgan fingerprint density at radius 2 is 1.90 bits per heavy atom. The number of likely N-dealkylation sites (tertiary alicyclic amines) is 1. The predicted octanol–water partition coefficient (Wildman–Crippen LogP) is 3.96. The summed E-state index contributed by atoms with van der Waals surface area (Å²) in [7, 11) is 0. The second-order valence-corrected chi connectivity index (χ2v) is 9.67. The summed E-state index contributed by atoms with van der Waals surface area (Å²) in [6.45, 7) is 5.20. The average Bonchev–Trinajstić information content (AvgIpc) is 3.09. The summed E-state index contributed by atoms with van der Waals surface area (Å²) in [5, 5.41) is 0.923. The molecular formula is C24H25N3O2S. The Kier molecular flexibility index (Phi) is 4.82. The molecule has 5 rings (SSSR count). The number of pyridine rings is 1. The van der Waals surface area contributed by atoms with Crippen molar-refractivity contribution in [1.82, 2.24) is 14.5 Å². The first-order chi connectivity index (χ1) is 14.5. The van der Waals surface area contributed by atoms with E-state index in [2.05, 4.69) is 23.2 Å². The molecule has 1 fully saturated rings. The van der Waals surface area contributed by atoms with Crippen LogP contribution in [0.5, 0.6) is 0 Å². The zero-order valence-corrected chi connectivity index (χ0v) is 18.1. The maximum absolute atomic E-state index is 13.3. The van der Waals surface area contributed by atoms with Gasteiger partial charge in [0.1, 0.15) is 4.88 Å². The normalized spacial score (nSPS) is 22.6. The van der Waals surface area contributed by atoms with Crippen molar-refractivity contribution in [2.75, 3.05) is 13.1 Å². The highest BCUT2D eigenvalue weighted by Gasteiger charge is 2.42. The fourth-order valence-corrected chi connectivity index (χ4v) is 6.09. The third-order valence-electron chi connectivity index (χ3n) is 6.47. The fourth-order valence-electron chi connectivity index (χ4n) is 5.20. The topological polar surface area (TPSA) is 55.2 Å². The quantitative estimate of drug-likeness (QED) is 0.646. The van der Waals surface area contributed by atoms with Crippen molar-refractivity contribution in [3.05, 3.63) is 85.7 Å². The maximum atomic E-state index is 13.3. The minimum atomic E-state index is 0.0623. The van der Waals surface area contributed by atoms with Gasteiger partial charge in [-0.05, 0) is 44.2 Å². The zero-order valence-electron chi connectivity index (χ0n) is 17.2. The lowest BCUT2D eigenvalue weighted by Crippen LogP contribution is -2.51. The maximum Gasteiger partial charge on any atom is 0.265 e. The molecule has 6 heteroatoms. The summed E-state index contributed by atoms with van der Waals surface area (Å²) >= 11 is 1.48. The van der Waals surface area contributed by atoms with Crippen LogP contribution in [-0.2, 0) is 6.42 Å². The Morgan fingerprint density at radius 1 is 1.10 bits per heavy atom. The van der Waals surface area contributed by atoms with E-state index in [4.69, 9.17) is 0 Å². The molecule has 3 aromatic rings. The van der Waals surface area contributed by atoms with E-state index in [-0.39, 0.29) is 29.3 Å². The molecule has 2 aliphatic rings. The second kappa shape index (κ2) is 7.51. The predicted molar refractivity (Wildman–Crippen MR) is 118 cm³/mol. The Morgan fingerprint density at radius 3 is 2.63 bits per heavy atom. The number of aryl methyl sites for hydroxylation is 2. The molecule has 3 atom stereocenters.